The van der Waals surface area contributed by atoms with Crippen molar-refractivity contribution in [3.05, 3.63) is 0 Å². The monoisotopic (exact) mass is 289 g/mol. The molecule has 0 rings (SSSR count). The van der Waals surface area contributed by atoms with Crippen molar-refractivity contribution in [3.8, 4) is 0 Å². The van der Waals surface area contributed by atoms with Gasteiger partial charge < -0.3 is 10.6 Å². The second kappa shape index (κ2) is 12.2. The molecule has 0 aromatic heterocycles. The van der Waals surface area contributed by atoms with Crippen LogP contribution in [0.2, 0.25) is 0 Å². The van der Waals surface area contributed by atoms with E-state index in [0.717, 1.165) is 39.3 Å². The Kier molecular flexibility index (Phi) is 12.8. The number of hydrogen-bond acceptors (Lipinski definition) is 3. The van der Waals surface area contributed by atoms with Gasteiger partial charge in [0.05, 0.1) is 5.50 Å². The van der Waals surface area contributed by atoms with Gasteiger partial charge in [-0.25, -0.2) is 0 Å². The lowest BCUT2D eigenvalue weighted by atomic mass is 10.4. The Bertz CT molecular complexity index is 147. The Morgan fingerprint density at radius 2 is 1.69 bits per heavy atom. The zero-order valence-electron chi connectivity index (χ0n) is 9.82. The minimum absolute atomic E-state index is 0.0206. The van der Waals surface area contributed by atoms with Gasteiger partial charge in [-0.3, -0.25) is 4.90 Å². The van der Waals surface area contributed by atoms with E-state index in [0.29, 0.717) is 11.8 Å². The van der Waals surface area contributed by atoms with E-state index in [2.05, 4.69) is 15.5 Å². The molecule has 1 unspecified atom stereocenters. The van der Waals surface area contributed by atoms with Crippen LogP contribution in [-0.4, -0.2) is 61.4 Å². The van der Waals surface area contributed by atoms with Crippen molar-refractivity contribution in [2.24, 2.45) is 0 Å². The smallest absolute Gasteiger partial charge is 0.0797 e. The maximum Gasteiger partial charge on any atom is 0.0797 e. The van der Waals surface area contributed by atoms with Crippen LogP contribution < -0.4 is 10.6 Å². The quantitative estimate of drug-likeness (QED) is 0.343. The highest BCUT2D eigenvalue weighted by Crippen LogP contribution is 1.91. The molecule has 6 heteroatoms. The van der Waals surface area contributed by atoms with E-state index in [1.54, 1.807) is 0 Å². The molecule has 0 aliphatic heterocycles. The highest BCUT2D eigenvalue weighted by atomic mass is 35.5. The minimum atomic E-state index is 0.0206. The van der Waals surface area contributed by atoms with Gasteiger partial charge in [0, 0.05) is 51.0 Å². The molecule has 3 nitrogen and oxygen atoms in total. The zero-order chi connectivity index (χ0) is 12.2. The van der Waals surface area contributed by atoms with Crippen LogP contribution in [-0.2, 0) is 0 Å². The molecular formula is C10H22Cl3N3. The maximum atomic E-state index is 5.80. The molecule has 1 atom stereocenters. The summed E-state index contributed by atoms with van der Waals surface area (Å²) in [6.07, 6.45) is 0. The van der Waals surface area contributed by atoms with Gasteiger partial charge >= 0.3 is 0 Å². The van der Waals surface area contributed by atoms with Crippen molar-refractivity contribution in [1.82, 2.24) is 15.5 Å². The van der Waals surface area contributed by atoms with E-state index in [1.807, 2.05) is 6.92 Å². The molecule has 0 saturated heterocycles. The van der Waals surface area contributed by atoms with Crippen molar-refractivity contribution in [3.63, 3.8) is 0 Å². The fourth-order valence-electron chi connectivity index (χ4n) is 1.31. The van der Waals surface area contributed by atoms with Crippen molar-refractivity contribution in [2.75, 3.05) is 51.0 Å². The summed E-state index contributed by atoms with van der Waals surface area (Å²) in [6, 6.07) is 0. The number of hydrogen-bond donors (Lipinski definition) is 2. The lowest BCUT2D eigenvalue weighted by Crippen LogP contribution is -2.39. The van der Waals surface area contributed by atoms with Crippen LogP contribution in [0.5, 0.6) is 0 Å². The SMILES string of the molecule is CC(Cl)NCCN(CCCl)CCNCCCl. The minimum Gasteiger partial charge on any atom is -0.314 e. The first-order valence-corrected chi connectivity index (χ1v) is 7.13. The summed E-state index contributed by atoms with van der Waals surface area (Å²) in [4.78, 5) is 2.31. The fourth-order valence-corrected chi connectivity index (χ4v) is 1.79. The molecule has 0 amide bonds. The molecule has 0 aromatic rings. The van der Waals surface area contributed by atoms with Gasteiger partial charge in [-0.15, -0.1) is 34.8 Å². The Morgan fingerprint density at radius 1 is 1.00 bits per heavy atom. The van der Waals surface area contributed by atoms with Crippen molar-refractivity contribution in [2.45, 2.75) is 12.4 Å². The molecule has 2 N–H and O–H groups in total. The first-order chi connectivity index (χ1) is 7.70. The van der Waals surface area contributed by atoms with Gasteiger partial charge in [0.1, 0.15) is 0 Å². The maximum absolute atomic E-state index is 5.80. The van der Waals surface area contributed by atoms with Gasteiger partial charge in [0.15, 0.2) is 0 Å². The molecular weight excluding hydrogens is 268 g/mol. The number of alkyl halides is 3. The molecule has 0 bridgehead atoms. The largest absolute Gasteiger partial charge is 0.314 e. The summed E-state index contributed by atoms with van der Waals surface area (Å²) in [6.45, 7) is 7.47. The Morgan fingerprint density at radius 3 is 2.25 bits per heavy atom. The molecule has 0 aromatic carbocycles. The second-order valence-electron chi connectivity index (χ2n) is 3.54. The van der Waals surface area contributed by atoms with Crippen molar-refractivity contribution < 1.29 is 0 Å². The van der Waals surface area contributed by atoms with E-state index in [9.17, 15) is 0 Å². The molecule has 0 aliphatic rings. The predicted octanol–water partition coefficient (Wildman–Crippen LogP) is 1.53. The average Bonchev–Trinajstić information content (AvgIpc) is 2.23. The normalized spacial score (nSPS) is 13.3. The van der Waals surface area contributed by atoms with E-state index < -0.39 is 0 Å². The standard InChI is InChI=1S/C10H22Cl3N3/c1-10(13)15-6-9-16(7-3-12)8-5-14-4-2-11/h10,14-15H,2-9H2,1H3. The fraction of sp³-hybridized carbons (Fsp3) is 1.00. The molecule has 0 spiro atoms. The van der Waals surface area contributed by atoms with Crippen molar-refractivity contribution in [1.29, 1.82) is 0 Å². The van der Waals surface area contributed by atoms with Gasteiger partial charge in [-0.1, -0.05) is 0 Å². The predicted molar refractivity (Wildman–Crippen MR) is 74.1 cm³/mol. The molecule has 98 valence electrons. The average molecular weight is 291 g/mol. The first-order valence-electron chi connectivity index (χ1n) is 5.63. The van der Waals surface area contributed by atoms with Gasteiger partial charge in [-0.05, 0) is 6.92 Å². The highest BCUT2D eigenvalue weighted by Gasteiger charge is 2.04. The molecule has 16 heavy (non-hydrogen) atoms. The van der Waals surface area contributed by atoms with E-state index in [4.69, 9.17) is 34.8 Å². The van der Waals surface area contributed by atoms with Crippen LogP contribution in [0.1, 0.15) is 6.92 Å². The Hall–Kier alpha value is 0.750. The van der Waals surface area contributed by atoms with Crippen LogP contribution in [0.3, 0.4) is 0 Å². The molecule has 0 fully saturated rings. The van der Waals surface area contributed by atoms with Crippen LogP contribution in [0.25, 0.3) is 0 Å². The number of rotatable bonds is 11. The summed E-state index contributed by atoms with van der Waals surface area (Å²) < 4.78 is 0. The Balaban J connectivity index is 3.53. The summed E-state index contributed by atoms with van der Waals surface area (Å²) in [7, 11) is 0. The van der Waals surface area contributed by atoms with Crippen LogP contribution in [0.4, 0.5) is 0 Å². The molecule has 0 heterocycles. The second-order valence-corrected chi connectivity index (χ2v) is 4.95. The lowest BCUT2D eigenvalue weighted by molar-refractivity contribution is 0.288. The van der Waals surface area contributed by atoms with E-state index >= 15 is 0 Å². The number of nitrogens with zero attached hydrogens (tertiary/aromatic N) is 1. The summed E-state index contributed by atoms with van der Waals surface area (Å²) in [5.41, 5.74) is 0.0206. The third-order valence-corrected chi connectivity index (χ3v) is 2.64. The topological polar surface area (TPSA) is 27.3 Å². The molecule has 0 aliphatic carbocycles. The summed E-state index contributed by atoms with van der Waals surface area (Å²) in [5.74, 6) is 1.31. The van der Waals surface area contributed by atoms with Gasteiger partial charge in [0.25, 0.3) is 0 Å². The lowest BCUT2D eigenvalue weighted by Gasteiger charge is -2.21. The third-order valence-electron chi connectivity index (χ3n) is 2.13. The van der Waals surface area contributed by atoms with E-state index in [1.165, 1.54) is 0 Å². The van der Waals surface area contributed by atoms with Crippen LogP contribution >= 0.6 is 34.8 Å². The third kappa shape index (κ3) is 11.2. The summed E-state index contributed by atoms with van der Waals surface area (Å²) in [5, 5.41) is 6.44. The van der Waals surface area contributed by atoms with Crippen LogP contribution in [0, 0.1) is 0 Å². The van der Waals surface area contributed by atoms with Crippen LogP contribution in [0.15, 0.2) is 0 Å². The highest BCUT2D eigenvalue weighted by molar-refractivity contribution is 6.20. The van der Waals surface area contributed by atoms with Gasteiger partial charge in [0.2, 0.25) is 0 Å². The molecule has 0 radical (unpaired) electrons. The summed E-state index contributed by atoms with van der Waals surface area (Å²) >= 11 is 17.1. The van der Waals surface area contributed by atoms with E-state index in [-0.39, 0.29) is 5.50 Å². The number of halogens is 3. The zero-order valence-corrected chi connectivity index (χ0v) is 12.1. The number of nitrogens with one attached hydrogen (secondary N) is 2. The molecule has 0 saturated carbocycles. The Labute approximate surface area is 114 Å². The first kappa shape index (κ1) is 16.8. The van der Waals surface area contributed by atoms with Gasteiger partial charge in [-0.2, -0.15) is 0 Å². The van der Waals surface area contributed by atoms with Crippen molar-refractivity contribution >= 4 is 34.8 Å².